The van der Waals surface area contributed by atoms with Crippen molar-refractivity contribution >= 4 is 24.6 Å². The molecule has 0 spiro atoms. The highest BCUT2D eigenvalue weighted by Gasteiger charge is 2.29. The molecule has 1 aliphatic rings. The predicted octanol–water partition coefficient (Wildman–Crippen LogP) is 1.04. The number of halogens is 1. The highest BCUT2D eigenvalue weighted by atomic mass is 19.1. The second kappa shape index (κ2) is 12.9. The van der Waals surface area contributed by atoms with Gasteiger partial charge < -0.3 is 39.0 Å². The number of benzene rings is 1. The fourth-order valence-corrected chi connectivity index (χ4v) is 3.36. The van der Waals surface area contributed by atoms with E-state index in [0.29, 0.717) is 6.61 Å². The molecule has 1 aromatic rings. The highest BCUT2D eigenvalue weighted by Crippen LogP contribution is 2.22. The van der Waals surface area contributed by atoms with Gasteiger partial charge in [0, 0.05) is 18.5 Å². The summed E-state index contributed by atoms with van der Waals surface area (Å²) in [5.74, 6) is -1.62. The van der Waals surface area contributed by atoms with Crippen LogP contribution in [0.25, 0.3) is 0 Å². The third-order valence-corrected chi connectivity index (χ3v) is 4.81. The molecule has 1 aliphatic heterocycles. The molecule has 1 amide bonds. The van der Waals surface area contributed by atoms with Gasteiger partial charge in [-0.05, 0) is 57.7 Å². The van der Waals surface area contributed by atoms with Crippen LogP contribution in [0.5, 0.6) is 5.75 Å². The number of hydrogen-bond acceptors (Lipinski definition) is 9. The second-order valence-corrected chi connectivity index (χ2v) is 8.80. The van der Waals surface area contributed by atoms with Crippen molar-refractivity contribution in [3.8, 4) is 5.75 Å². The first-order valence-electron chi connectivity index (χ1n) is 11.1. The third-order valence-electron chi connectivity index (χ3n) is 4.81. The zero-order chi connectivity index (χ0) is 25.3. The number of carbonyl (C=O) groups excluding carboxylic acids is 2. The Kier molecular flexibility index (Phi) is 10.6. The molecule has 0 bridgehead atoms. The average molecular weight is 485 g/mol. The SMILES string of the molecule is COC(=O)[C@H](Cc1cc(F)cc(B(O)O)c1OCCOC1CCCCO1)NC(=O)OC(C)(C)C. The van der Waals surface area contributed by atoms with Gasteiger partial charge in [0.15, 0.2) is 6.29 Å². The number of methoxy groups -OCH3 is 1. The van der Waals surface area contributed by atoms with Crippen LogP contribution in [0.15, 0.2) is 12.1 Å². The molecule has 0 aromatic heterocycles. The number of nitrogens with one attached hydrogen (secondary N) is 1. The Morgan fingerprint density at radius 1 is 1.26 bits per heavy atom. The molecule has 0 saturated carbocycles. The topological polar surface area (TPSA) is 133 Å². The van der Waals surface area contributed by atoms with Crippen LogP contribution >= 0.6 is 0 Å². The summed E-state index contributed by atoms with van der Waals surface area (Å²) in [7, 11) is -0.898. The number of hydrogen-bond donors (Lipinski definition) is 3. The van der Waals surface area contributed by atoms with Gasteiger partial charge in [0.05, 0.1) is 13.7 Å². The number of alkyl carbamates (subject to hydrolysis) is 1. The molecule has 0 radical (unpaired) electrons. The minimum atomic E-state index is -2.04. The summed E-state index contributed by atoms with van der Waals surface area (Å²) in [6, 6.07) is 0.752. The van der Waals surface area contributed by atoms with Crippen LogP contribution in [-0.2, 0) is 30.2 Å². The zero-order valence-corrected chi connectivity index (χ0v) is 20.0. The summed E-state index contributed by atoms with van der Waals surface area (Å²) in [5, 5.41) is 21.9. The molecule has 10 nitrogen and oxygen atoms in total. The van der Waals surface area contributed by atoms with Gasteiger partial charge in [0.25, 0.3) is 0 Å². The Morgan fingerprint density at radius 3 is 2.59 bits per heavy atom. The lowest BCUT2D eigenvalue weighted by Gasteiger charge is -2.24. The number of ether oxygens (including phenoxy) is 5. The molecule has 12 heteroatoms. The quantitative estimate of drug-likeness (QED) is 0.253. The summed E-state index contributed by atoms with van der Waals surface area (Å²) in [6.45, 7) is 5.74. The molecule has 1 saturated heterocycles. The van der Waals surface area contributed by atoms with E-state index < -0.39 is 36.6 Å². The molecule has 34 heavy (non-hydrogen) atoms. The normalized spacial score (nSPS) is 17.0. The lowest BCUT2D eigenvalue weighted by Crippen LogP contribution is -2.45. The van der Waals surface area contributed by atoms with Crippen LogP contribution in [0.1, 0.15) is 45.6 Å². The highest BCUT2D eigenvalue weighted by molar-refractivity contribution is 6.59. The average Bonchev–Trinajstić information content (AvgIpc) is 2.75. The number of rotatable bonds is 10. The summed E-state index contributed by atoms with van der Waals surface area (Å²) >= 11 is 0. The molecular weight excluding hydrogens is 452 g/mol. The van der Waals surface area contributed by atoms with E-state index in [-0.39, 0.29) is 42.7 Å². The van der Waals surface area contributed by atoms with E-state index in [0.717, 1.165) is 38.5 Å². The van der Waals surface area contributed by atoms with Crippen LogP contribution in [0, 0.1) is 5.82 Å². The van der Waals surface area contributed by atoms with E-state index in [2.05, 4.69) is 5.32 Å². The van der Waals surface area contributed by atoms with E-state index in [1.807, 2.05) is 0 Å². The molecule has 1 fully saturated rings. The van der Waals surface area contributed by atoms with Crippen molar-refractivity contribution in [1.82, 2.24) is 5.32 Å². The van der Waals surface area contributed by atoms with Gasteiger partial charge in [-0.3, -0.25) is 0 Å². The maximum Gasteiger partial charge on any atom is 0.492 e. The van der Waals surface area contributed by atoms with Crippen LogP contribution in [0.3, 0.4) is 0 Å². The van der Waals surface area contributed by atoms with Crippen molar-refractivity contribution in [2.75, 3.05) is 26.9 Å². The molecule has 2 rings (SSSR count). The molecule has 0 aliphatic carbocycles. The maximum atomic E-state index is 14.3. The Morgan fingerprint density at radius 2 is 2.00 bits per heavy atom. The molecule has 3 N–H and O–H groups in total. The minimum Gasteiger partial charge on any atom is -0.491 e. The smallest absolute Gasteiger partial charge is 0.491 e. The monoisotopic (exact) mass is 485 g/mol. The van der Waals surface area contributed by atoms with Gasteiger partial charge in [-0.1, -0.05) is 0 Å². The first-order chi connectivity index (χ1) is 16.0. The first-order valence-corrected chi connectivity index (χ1v) is 11.1. The standard InChI is InChI=1S/C22H33BFNO9/c1-22(2,3)34-21(27)25-17(20(26)30-4)12-14-11-15(24)13-16(23(28)29)19(14)33-10-9-32-18-7-5-6-8-31-18/h11,13,17-18,28-29H,5-10,12H2,1-4H3,(H,25,27)/t17-,18?/m0/s1. The zero-order valence-electron chi connectivity index (χ0n) is 20.0. The number of esters is 1. The summed E-state index contributed by atoms with van der Waals surface area (Å²) < 4.78 is 41.0. The van der Waals surface area contributed by atoms with Crippen molar-refractivity contribution in [2.45, 2.75) is 64.4 Å². The van der Waals surface area contributed by atoms with Crippen molar-refractivity contribution in [3.63, 3.8) is 0 Å². The van der Waals surface area contributed by atoms with Crippen molar-refractivity contribution < 1.29 is 47.7 Å². The molecule has 2 atom stereocenters. The van der Waals surface area contributed by atoms with Gasteiger partial charge in [0.1, 0.15) is 29.8 Å². The van der Waals surface area contributed by atoms with Crippen molar-refractivity contribution in [1.29, 1.82) is 0 Å². The van der Waals surface area contributed by atoms with Crippen molar-refractivity contribution in [3.05, 3.63) is 23.5 Å². The Balaban J connectivity index is 2.19. The van der Waals surface area contributed by atoms with Gasteiger partial charge in [-0.15, -0.1) is 0 Å². The maximum absolute atomic E-state index is 14.3. The third kappa shape index (κ3) is 9.09. The van der Waals surface area contributed by atoms with Gasteiger partial charge in [0.2, 0.25) is 0 Å². The molecule has 1 heterocycles. The molecule has 1 unspecified atom stereocenters. The van der Waals surface area contributed by atoms with Crippen LogP contribution in [0.4, 0.5) is 9.18 Å². The summed E-state index contributed by atoms with van der Waals surface area (Å²) in [6.07, 6.45) is 1.27. The summed E-state index contributed by atoms with van der Waals surface area (Å²) in [5.41, 5.74) is -0.929. The molecule has 1 aromatic carbocycles. The summed E-state index contributed by atoms with van der Waals surface area (Å²) in [4.78, 5) is 24.5. The van der Waals surface area contributed by atoms with E-state index in [1.165, 1.54) is 0 Å². The van der Waals surface area contributed by atoms with Crippen molar-refractivity contribution in [2.24, 2.45) is 0 Å². The van der Waals surface area contributed by atoms with Crippen LogP contribution in [0.2, 0.25) is 0 Å². The number of amides is 1. The lowest BCUT2D eigenvalue weighted by molar-refractivity contribution is -0.165. The second-order valence-electron chi connectivity index (χ2n) is 8.80. The van der Waals surface area contributed by atoms with Gasteiger partial charge in [-0.25, -0.2) is 14.0 Å². The Hall–Kier alpha value is -2.41. The van der Waals surface area contributed by atoms with Gasteiger partial charge >= 0.3 is 19.2 Å². The Bertz CT molecular complexity index is 825. The largest absolute Gasteiger partial charge is 0.492 e. The molecule has 190 valence electrons. The van der Waals surface area contributed by atoms with E-state index in [9.17, 15) is 24.0 Å². The fraction of sp³-hybridized carbons (Fsp3) is 0.636. The lowest BCUT2D eigenvalue weighted by atomic mass is 9.78. The minimum absolute atomic E-state index is 0.000593. The first kappa shape index (κ1) is 27.8. The Labute approximate surface area is 198 Å². The van der Waals surface area contributed by atoms with E-state index >= 15 is 0 Å². The predicted molar refractivity (Wildman–Crippen MR) is 120 cm³/mol. The van der Waals surface area contributed by atoms with E-state index in [1.54, 1.807) is 20.8 Å². The van der Waals surface area contributed by atoms with Crippen LogP contribution < -0.4 is 15.5 Å². The fourth-order valence-electron chi connectivity index (χ4n) is 3.36. The van der Waals surface area contributed by atoms with E-state index in [4.69, 9.17) is 23.7 Å². The van der Waals surface area contributed by atoms with Crippen LogP contribution in [-0.4, -0.2) is 74.1 Å². The molecular formula is C22H33BFNO9. The van der Waals surface area contributed by atoms with Gasteiger partial charge in [-0.2, -0.15) is 0 Å². The number of carbonyl (C=O) groups is 2.